The molecule has 0 bridgehead atoms. The number of carbonyl (C=O) groups is 1. The SMILES string of the molecule is NS(=O)(=O)c1cc(S(N)(=O)=O)c(NC(=O)c2ccccn2)c(Cl)c1Cl. The molecule has 0 saturated heterocycles. The van der Waals surface area contributed by atoms with E-state index in [1.54, 1.807) is 6.07 Å². The number of nitrogens with zero attached hydrogens (tertiary/aromatic N) is 1. The van der Waals surface area contributed by atoms with Crippen molar-refractivity contribution in [3.63, 3.8) is 0 Å². The van der Waals surface area contributed by atoms with Crippen LogP contribution in [-0.2, 0) is 20.0 Å². The minimum atomic E-state index is -4.48. The number of nitrogens with two attached hydrogens (primary N) is 2. The van der Waals surface area contributed by atoms with Crippen molar-refractivity contribution >= 4 is 54.8 Å². The molecule has 0 aliphatic carbocycles. The molecule has 0 atom stereocenters. The molecule has 0 unspecified atom stereocenters. The molecular formula is C12H10Cl2N4O5S2. The first-order chi connectivity index (χ1) is 11.4. The second-order valence-electron chi connectivity index (χ2n) is 4.63. The van der Waals surface area contributed by atoms with Crippen LogP contribution in [0.3, 0.4) is 0 Å². The van der Waals surface area contributed by atoms with Crippen molar-refractivity contribution in [2.24, 2.45) is 10.3 Å². The normalized spacial score (nSPS) is 12.0. The molecule has 0 aliphatic heterocycles. The molecule has 1 amide bonds. The predicted molar refractivity (Wildman–Crippen MR) is 91.4 cm³/mol. The van der Waals surface area contributed by atoms with E-state index in [4.69, 9.17) is 33.5 Å². The van der Waals surface area contributed by atoms with E-state index in [-0.39, 0.29) is 5.69 Å². The summed E-state index contributed by atoms with van der Waals surface area (Å²) < 4.78 is 46.7. The summed E-state index contributed by atoms with van der Waals surface area (Å²) in [7, 11) is -8.88. The first-order valence-electron chi connectivity index (χ1n) is 6.23. The van der Waals surface area contributed by atoms with Crippen LogP contribution in [0.2, 0.25) is 10.0 Å². The molecular weight excluding hydrogens is 415 g/mol. The zero-order valence-electron chi connectivity index (χ0n) is 12.1. The smallest absolute Gasteiger partial charge is 0.274 e. The van der Waals surface area contributed by atoms with Gasteiger partial charge in [-0.15, -0.1) is 0 Å². The number of primary sulfonamides is 2. The standard InChI is InChI=1S/C12H10Cl2N4O5S2/c13-9-7(24(15,20)21)5-8(25(16,22)23)11(10(9)14)18-12(19)6-3-1-2-4-17-6/h1-5H,(H,18,19)(H2,15,20,21)(H2,16,22,23). The van der Waals surface area contributed by atoms with Crippen molar-refractivity contribution in [2.75, 3.05) is 5.32 Å². The third kappa shape index (κ3) is 4.26. The number of carbonyl (C=O) groups excluding carboxylic acids is 1. The molecule has 13 heteroatoms. The summed E-state index contributed by atoms with van der Waals surface area (Å²) in [5, 5.41) is 11.1. The Morgan fingerprint density at radius 3 is 2.08 bits per heavy atom. The van der Waals surface area contributed by atoms with Crippen LogP contribution in [0.4, 0.5) is 5.69 Å². The lowest BCUT2D eigenvalue weighted by Crippen LogP contribution is -2.21. The Balaban J connectivity index is 2.69. The van der Waals surface area contributed by atoms with E-state index < -0.39 is 51.5 Å². The van der Waals surface area contributed by atoms with Gasteiger partial charge >= 0.3 is 0 Å². The number of amides is 1. The molecule has 25 heavy (non-hydrogen) atoms. The number of halogens is 2. The van der Waals surface area contributed by atoms with Gasteiger partial charge < -0.3 is 5.32 Å². The quantitative estimate of drug-likeness (QED) is 0.660. The Kier molecular flexibility index (Phi) is 5.37. The van der Waals surface area contributed by atoms with Crippen LogP contribution >= 0.6 is 23.2 Å². The predicted octanol–water partition coefficient (Wildman–Crippen LogP) is 0.936. The Labute approximate surface area is 153 Å². The molecule has 1 aromatic carbocycles. The van der Waals surface area contributed by atoms with Crippen LogP contribution in [0, 0.1) is 0 Å². The fourth-order valence-electron chi connectivity index (χ4n) is 1.80. The Morgan fingerprint density at radius 1 is 1.00 bits per heavy atom. The Hall–Kier alpha value is -1.76. The summed E-state index contributed by atoms with van der Waals surface area (Å²) in [5.41, 5.74) is -0.539. The minimum Gasteiger partial charge on any atom is -0.318 e. The first-order valence-corrected chi connectivity index (χ1v) is 10.1. The van der Waals surface area contributed by atoms with Crippen molar-refractivity contribution in [1.29, 1.82) is 0 Å². The van der Waals surface area contributed by atoms with Gasteiger partial charge in [0.2, 0.25) is 20.0 Å². The van der Waals surface area contributed by atoms with Gasteiger partial charge in [-0.3, -0.25) is 9.78 Å². The molecule has 2 rings (SSSR count). The monoisotopic (exact) mass is 424 g/mol. The van der Waals surface area contributed by atoms with Gasteiger partial charge in [0.15, 0.2) is 0 Å². The maximum Gasteiger partial charge on any atom is 0.274 e. The highest BCUT2D eigenvalue weighted by atomic mass is 35.5. The van der Waals surface area contributed by atoms with Crippen LogP contribution in [0.25, 0.3) is 0 Å². The van der Waals surface area contributed by atoms with Crippen LogP contribution in [-0.4, -0.2) is 27.7 Å². The lowest BCUT2D eigenvalue weighted by Gasteiger charge is -2.15. The third-order valence-corrected chi connectivity index (χ3v) is 5.74. The summed E-state index contributed by atoms with van der Waals surface area (Å²) in [5.74, 6) is -0.813. The van der Waals surface area contributed by atoms with Gasteiger partial charge in [-0.1, -0.05) is 29.3 Å². The number of pyridine rings is 1. The fraction of sp³-hybridized carbons (Fsp3) is 0. The van der Waals surface area contributed by atoms with E-state index in [1.807, 2.05) is 0 Å². The van der Waals surface area contributed by atoms with E-state index in [2.05, 4.69) is 10.3 Å². The molecule has 0 radical (unpaired) electrons. The highest BCUT2D eigenvalue weighted by Crippen LogP contribution is 2.39. The number of aromatic nitrogens is 1. The number of hydrogen-bond acceptors (Lipinski definition) is 6. The first kappa shape index (κ1) is 19.6. The third-order valence-electron chi connectivity index (χ3n) is 2.89. The second kappa shape index (κ2) is 6.86. The van der Waals surface area contributed by atoms with E-state index in [1.165, 1.54) is 18.3 Å². The average molecular weight is 425 g/mol. The van der Waals surface area contributed by atoms with Crippen molar-refractivity contribution in [2.45, 2.75) is 9.79 Å². The minimum absolute atomic E-state index is 0.0504. The van der Waals surface area contributed by atoms with Gasteiger partial charge in [0.05, 0.1) is 15.7 Å². The zero-order chi connectivity index (χ0) is 19.0. The van der Waals surface area contributed by atoms with Gasteiger partial charge in [0.25, 0.3) is 5.91 Å². The van der Waals surface area contributed by atoms with E-state index in [9.17, 15) is 21.6 Å². The maximum absolute atomic E-state index is 12.2. The highest BCUT2D eigenvalue weighted by Gasteiger charge is 2.27. The molecule has 1 heterocycles. The van der Waals surface area contributed by atoms with Crippen LogP contribution in [0.1, 0.15) is 10.5 Å². The molecule has 1 aromatic heterocycles. The van der Waals surface area contributed by atoms with Crippen molar-refractivity contribution in [3.05, 3.63) is 46.2 Å². The van der Waals surface area contributed by atoms with Crippen LogP contribution in [0.15, 0.2) is 40.3 Å². The summed E-state index contributed by atoms with van der Waals surface area (Å²) >= 11 is 11.8. The number of benzene rings is 1. The van der Waals surface area contributed by atoms with Gasteiger partial charge in [-0.25, -0.2) is 27.1 Å². The number of rotatable bonds is 4. The highest BCUT2D eigenvalue weighted by molar-refractivity contribution is 7.90. The van der Waals surface area contributed by atoms with Crippen molar-refractivity contribution in [3.8, 4) is 0 Å². The molecule has 0 fully saturated rings. The van der Waals surface area contributed by atoms with Gasteiger partial charge in [0, 0.05) is 6.20 Å². The average Bonchev–Trinajstić information content (AvgIpc) is 2.50. The van der Waals surface area contributed by atoms with Crippen LogP contribution in [0.5, 0.6) is 0 Å². The molecule has 9 nitrogen and oxygen atoms in total. The fourth-order valence-corrected chi connectivity index (χ4v) is 4.07. The van der Waals surface area contributed by atoms with Crippen molar-refractivity contribution in [1.82, 2.24) is 4.98 Å². The summed E-state index contributed by atoms with van der Waals surface area (Å²) in [4.78, 5) is 14.5. The molecule has 2 aromatic rings. The van der Waals surface area contributed by atoms with E-state index in [0.29, 0.717) is 6.07 Å². The number of hydrogen-bond donors (Lipinski definition) is 3. The summed E-state index contributed by atoms with van der Waals surface area (Å²) in [6.45, 7) is 0. The summed E-state index contributed by atoms with van der Waals surface area (Å²) in [6.07, 6.45) is 1.34. The molecule has 0 aliphatic rings. The summed E-state index contributed by atoms with van der Waals surface area (Å²) in [6, 6.07) is 5.07. The van der Waals surface area contributed by atoms with Gasteiger partial charge in [0.1, 0.15) is 15.5 Å². The molecule has 0 saturated carbocycles. The maximum atomic E-state index is 12.2. The van der Waals surface area contributed by atoms with E-state index in [0.717, 1.165) is 0 Å². The zero-order valence-corrected chi connectivity index (χ0v) is 15.2. The Bertz CT molecular complexity index is 1060. The second-order valence-corrected chi connectivity index (χ2v) is 8.45. The molecule has 134 valence electrons. The largest absolute Gasteiger partial charge is 0.318 e. The number of sulfonamides is 2. The molecule has 0 spiro atoms. The van der Waals surface area contributed by atoms with E-state index >= 15 is 0 Å². The lowest BCUT2D eigenvalue weighted by atomic mass is 10.3. The van der Waals surface area contributed by atoms with Crippen LogP contribution < -0.4 is 15.6 Å². The van der Waals surface area contributed by atoms with Crippen molar-refractivity contribution < 1.29 is 21.6 Å². The van der Waals surface area contributed by atoms with Gasteiger partial charge in [-0.05, 0) is 18.2 Å². The van der Waals surface area contributed by atoms with Gasteiger partial charge in [-0.2, -0.15) is 0 Å². The number of anilines is 1. The molecule has 5 N–H and O–H groups in total. The number of nitrogens with one attached hydrogen (secondary N) is 1. The lowest BCUT2D eigenvalue weighted by molar-refractivity contribution is 0.102. The topological polar surface area (TPSA) is 162 Å². The Morgan fingerprint density at radius 2 is 1.60 bits per heavy atom.